The number of piperazine rings is 1. The second kappa shape index (κ2) is 5.55. The molecule has 104 valence electrons. The molecule has 2 fully saturated rings. The molecule has 1 N–H and O–H groups in total. The molecule has 2 aliphatic rings. The number of rotatable bonds is 4. The highest BCUT2D eigenvalue weighted by Gasteiger charge is 2.30. The lowest BCUT2D eigenvalue weighted by molar-refractivity contribution is 0.160. The van der Waals surface area contributed by atoms with E-state index < -0.39 is 11.6 Å². The zero-order chi connectivity index (χ0) is 13.2. The summed E-state index contributed by atoms with van der Waals surface area (Å²) in [7, 11) is 0. The monoisotopic (exact) mass is 266 g/mol. The Bertz CT molecular complexity index is 420. The summed E-state index contributed by atoms with van der Waals surface area (Å²) in [5.74, 6) is -0.192. The lowest BCUT2D eigenvalue weighted by atomic mass is 9.98. The molecule has 1 saturated heterocycles. The normalized spacial score (nSPS) is 22.4. The quantitative estimate of drug-likeness (QED) is 0.901. The molecule has 0 amide bonds. The fourth-order valence-corrected chi connectivity index (χ4v) is 2.93. The molecule has 1 atom stereocenters. The topological polar surface area (TPSA) is 15.3 Å². The molecule has 19 heavy (non-hydrogen) atoms. The Hall–Kier alpha value is -1.00. The molecule has 0 spiro atoms. The van der Waals surface area contributed by atoms with E-state index >= 15 is 0 Å². The minimum absolute atomic E-state index is 0.166. The summed E-state index contributed by atoms with van der Waals surface area (Å²) in [5.41, 5.74) is 0.798. The smallest absolute Gasteiger partial charge is 0.126 e. The number of hydrogen-bond acceptors (Lipinski definition) is 2. The summed E-state index contributed by atoms with van der Waals surface area (Å²) in [5, 5.41) is 3.32. The van der Waals surface area contributed by atoms with Crippen LogP contribution in [0.15, 0.2) is 18.2 Å². The van der Waals surface area contributed by atoms with E-state index in [1.165, 1.54) is 25.0 Å². The van der Waals surface area contributed by atoms with Crippen molar-refractivity contribution in [2.24, 2.45) is 5.92 Å². The van der Waals surface area contributed by atoms with Gasteiger partial charge in [0.05, 0.1) is 0 Å². The van der Waals surface area contributed by atoms with Crippen molar-refractivity contribution in [1.82, 2.24) is 10.2 Å². The van der Waals surface area contributed by atoms with Gasteiger partial charge in [0.15, 0.2) is 0 Å². The molecular weight excluding hydrogens is 246 g/mol. The summed E-state index contributed by atoms with van der Waals surface area (Å²) in [6.45, 7) is 3.82. The predicted molar refractivity (Wildman–Crippen MR) is 70.9 cm³/mol. The molecule has 3 rings (SSSR count). The van der Waals surface area contributed by atoms with Gasteiger partial charge >= 0.3 is 0 Å². The molecule has 2 nitrogen and oxygen atoms in total. The van der Waals surface area contributed by atoms with Crippen LogP contribution in [0.25, 0.3) is 0 Å². The van der Waals surface area contributed by atoms with E-state index in [-0.39, 0.29) is 6.04 Å². The Morgan fingerprint density at radius 1 is 1.11 bits per heavy atom. The SMILES string of the molecule is Fc1cc(F)cc([C@H](CC2CC2)N2CCNCC2)c1. The maximum absolute atomic E-state index is 13.4. The first-order valence-electron chi connectivity index (χ1n) is 7.13. The summed E-state index contributed by atoms with van der Waals surface area (Å²) in [4.78, 5) is 2.36. The Morgan fingerprint density at radius 3 is 2.32 bits per heavy atom. The van der Waals surface area contributed by atoms with Crippen LogP contribution >= 0.6 is 0 Å². The van der Waals surface area contributed by atoms with E-state index in [1.54, 1.807) is 0 Å². The Labute approximate surface area is 112 Å². The highest BCUT2D eigenvalue weighted by molar-refractivity contribution is 5.22. The maximum atomic E-state index is 13.4. The van der Waals surface area contributed by atoms with Crippen LogP contribution < -0.4 is 5.32 Å². The van der Waals surface area contributed by atoms with Gasteiger partial charge in [0.25, 0.3) is 0 Å². The van der Waals surface area contributed by atoms with Crippen molar-refractivity contribution < 1.29 is 8.78 Å². The summed E-state index contributed by atoms with van der Waals surface area (Å²) in [6, 6.07) is 4.12. The van der Waals surface area contributed by atoms with Crippen LogP contribution in [0.5, 0.6) is 0 Å². The van der Waals surface area contributed by atoms with Gasteiger partial charge in [-0.25, -0.2) is 8.78 Å². The van der Waals surface area contributed by atoms with Crippen molar-refractivity contribution in [3.8, 4) is 0 Å². The van der Waals surface area contributed by atoms with Crippen LogP contribution in [-0.2, 0) is 0 Å². The number of hydrogen-bond donors (Lipinski definition) is 1. The van der Waals surface area contributed by atoms with E-state index in [4.69, 9.17) is 0 Å². The molecule has 0 bridgehead atoms. The van der Waals surface area contributed by atoms with Gasteiger partial charge in [0.2, 0.25) is 0 Å². The van der Waals surface area contributed by atoms with Gasteiger partial charge in [0.1, 0.15) is 11.6 Å². The van der Waals surface area contributed by atoms with Crippen molar-refractivity contribution >= 4 is 0 Å². The zero-order valence-electron chi connectivity index (χ0n) is 11.0. The molecule has 1 aromatic rings. The van der Waals surface area contributed by atoms with Gasteiger partial charge in [-0.05, 0) is 30.0 Å². The van der Waals surface area contributed by atoms with Gasteiger partial charge in [-0.3, -0.25) is 4.90 Å². The number of halogens is 2. The van der Waals surface area contributed by atoms with E-state index in [2.05, 4.69) is 10.2 Å². The molecule has 4 heteroatoms. The second-order valence-corrected chi connectivity index (χ2v) is 5.68. The minimum atomic E-state index is -0.467. The van der Waals surface area contributed by atoms with Gasteiger partial charge in [-0.15, -0.1) is 0 Å². The second-order valence-electron chi connectivity index (χ2n) is 5.68. The third kappa shape index (κ3) is 3.31. The zero-order valence-corrected chi connectivity index (χ0v) is 11.0. The fraction of sp³-hybridized carbons (Fsp3) is 0.600. The highest BCUT2D eigenvalue weighted by atomic mass is 19.1. The highest BCUT2D eigenvalue weighted by Crippen LogP contribution is 2.40. The average Bonchev–Trinajstić information content (AvgIpc) is 3.20. The van der Waals surface area contributed by atoms with E-state index in [9.17, 15) is 8.78 Å². The first-order valence-corrected chi connectivity index (χ1v) is 7.13. The molecule has 1 aliphatic heterocycles. The molecule has 1 aromatic carbocycles. The summed E-state index contributed by atoms with van der Waals surface area (Å²) >= 11 is 0. The van der Waals surface area contributed by atoms with Crippen LogP contribution in [0, 0.1) is 17.6 Å². The van der Waals surface area contributed by atoms with Crippen LogP contribution in [0.2, 0.25) is 0 Å². The molecule has 1 heterocycles. The maximum Gasteiger partial charge on any atom is 0.126 e. The number of benzene rings is 1. The predicted octanol–water partition coefficient (Wildman–Crippen LogP) is 2.71. The fourth-order valence-electron chi connectivity index (χ4n) is 2.93. The standard InChI is InChI=1S/C15H20F2N2/c16-13-8-12(9-14(17)10-13)15(7-11-1-2-11)19-5-3-18-4-6-19/h8-11,15,18H,1-7H2/t15-/m0/s1. The summed E-state index contributed by atoms with van der Waals surface area (Å²) < 4.78 is 26.9. The van der Waals surface area contributed by atoms with Gasteiger partial charge < -0.3 is 5.32 Å². The largest absolute Gasteiger partial charge is 0.314 e. The minimum Gasteiger partial charge on any atom is -0.314 e. The summed E-state index contributed by atoms with van der Waals surface area (Å²) in [6.07, 6.45) is 3.56. The van der Waals surface area contributed by atoms with E-state index in [0.29, 0.717) is 0 Å². The van der Waals surface area contributed by atoms with Crippen molar-refractivity contribution in [2.75, 3.05) is 26.2 Å². The van der Waals surface area contributed by atoms with Crippen LogP contribution in [0.3, 0.4) is 0 Å². The van der Waals surface area contributed by atoms with Crippen molar-refractivity contribution in [2.45, 2.75) is 25.3 Å². The van der Waals surface area contributed by atoms with Crippen LogP contribution in [0.4, 0.5) is 8.78 Å². The van der Waals surface area contributed by atoms with E-state index in [1.807, 2.05) is 0 Å². The lowest BCUT2D eigenvalue weighted by Crippen LogP contribution is -2.45. The molecular formula is C15H20F2N2. The first kappa shape index (κ1) is 13.0. The van der Waals surface area contributed by atoms with Crippen molar-refractivity contribution in [3.63, 3.8) is 0 Å². The molecule has 1 saturated carbocycles. The Kier molecular flexibility index (Phi) is 3.80. The lowest BCUT2D eigenvalue weighted by Gasteiger charge is -2.35. The van der Waals surface area contributed by atoms with Gasteiger partial charge in [-0.1, -0.05) is 12.8 Å². The average molecular weight is 266 g/mol. The molecule has 0 radical (unpaired) electrons. The van der Waals surface area contributed by atoms with Gasteiger partial charge in [-0.2, -0.15) is 0 Å². The van der Waals surface area contributed by atoms with Crippen LogP contribution in [0.1, 0.15) is 30.9 Å². The first-order chi connectivity index (χ1) is 9.22. The van der Waals surface area contributed by atoms with Gasteiger partial charge in [0, 0.05) is 38.3 Å². The molecule has 1 aliphatic carbocycles. The van der Waals surface area contributed by atoms with Crippen LogP contribution in [-0.4, -0.2) is 31.1 Å². The van der Waals surface area contributed by atoms with E-state index in [0.717, 1.165) is 50.1 Å². The third-order valence-corrected chi connectivity index (χ3v) is 4.12. The Balaban J connectivity index is 1.83. The van der Waals surface area contributed by atoms with Crippen molar-refractivity contribution in [3.05, 3.63) is 35.4 Å². The molecule has 0 aromatic heterocycles. The number of nitrogens with one attached hydrogen (secondary N) is 1. The third-order valence-electron chi connectivity index (χ3n) is 4.12. The number of nitrogens with zero attached hydrogens (tertiary/aromatic N) is 1. The Morgan fingerprint density at radius 2 is 1.74 bits per heavy atom. The molecule has 0 unspecified atom stereocenters. The van der Waals surface area contributed by atoms with Crippen molar-refractivity contribution in [1.29, 1.82) is 0 Å².